The average Bonchev–Trinajstić information content (AvgIpc) is 2.75. The van der Waals surface area contributed by atoms with E-state index in [0.717, 1.165) is 24.5 Å². The van der Waals surface area contributed by atoms with Gasteiger partial charge < -0.3 is 10.1 Å². The van der Waals surface area contributed by atoms with Crippen LogP contribution in [0.2, 0.25) is 0 Å². The topological polar surface area (TPSA) is 41.6 Å². The van der Waals surface area contributed by atoms with Crippen LogP contribution in [0, 0.1) is 0 Å². The lowest BCUT2D eigenvalue weighted by molar-refractivity contribution is -0.118. The molecule has 4 nitrogen and oxygen atoms in total. The number of amides is 1. The second-order valence-electron chi connectivity index (χ2n) is 7.51. The molecule has 1 aliphatic rings. The standard InChI is InChI=1S/C24H32N2O2S/c27-24(20-29-19-21-9-3-1-4-10-21)25-13-8-16-28-23-12-7-11-22(17-23)18-26-14-5-2-6-15-26/h1,3-4,7,9-12,17H,2,5-6,8,13-16,18-20H2,(H,25,27). The van der Waals surface area contributed by atoms with Crippen molar-refractivity contribution in [2.75, 3.05) is 32.0 Å². The number of ether oxygens (including phenoxy) is 1. The molecule has 0 atom stereocenters. The van der Waals surface area contributed by atoms with E-state index in [-0.39, 0.29) is 5.91 Å². The van der Waals surface area contributed by atoms with E-state index in [2.05, 4.69) is 40.5 Å². The number of nitrogens with one attached hydrogen (secondary N) is 1. The van der Waals surface area contributed by atoms with Crippen molar-refractivity contribution in [2.24, 2.45) is 0 Å². The highest BCUT2D eigenvalue weighted by molar-refractivity contribution is 7.99. The molecule has 0 saturated carbocycles. The van der Waals surface area contributed by atoms with Crippen LogP contribution in [0.3, 0.4) is 0 Å². The van der Waals surface area contributed by atoms with Gasteiger partial charge in [-0.2, -0.15) is 0 Å². The van der Waals surface area contributed by atoms with E-state index in [1.807, 2.05) is 24.3 Å². The summed E-state index contributed by atoms with van der Waals surface area (Å²) in [6.07, 6.45) is 4.80. The number of likely N-dealkylation sites (tertiary alicyclic amines) is 1. The maximum Gasteiger partial charge on any atom is 0.230 e. The van der Waals surface area contributed by atoms with Crippen molar-refractivity contribution in [2.45, 2.75) is 38.0 Å². The Morgan fingerprint density at radius 1 is 1.00 bits per heavy atom. The van der Waals surface area contributed by atoms with Crippen LogP contribution in [-0.4, -0.2) is 42.8 Å². The Bertz CT molecular complexity index is 733. The fraction of sp³-hybridized carbons (Fsp3) is 0.458. The summed E-state index contributed by atoms with van der Waals surface area (Å²) >= 11 is 1.64. The molecule has 0 aliphatic carbocycles. The van der Waals surface area contributed by atoms with Gasteiger partial charge in [-0.15, -0.1) is 11.8 Å². The fourth-order valence-electron chi connectivity index (χ4n) is 3.49. The molecule has 5 heteroatoms. The van der Waals surface area contributed by atoms with Crippen LogP contribution in [0.1, 0.15) is 36.8 Å². The lowest BCUT2D eigenvalue weighted by atomic mass is 10.1. The predicted octanol–water partition coefficient (Wildman–Crippen LogP) is 4.49. The van der Waals surface area contributed by atoms with Crippen LogP contribution < -0.4 is 10.1 Å². The average molecular weight is 413 g/mol. The van der Waals surface area contributed by atoms with Crippen LogP contribution in [-0.2, 0) is 17.1 Å². The van der Waals surface area contributed by atoms with E-state index in [4.69, 9.17) is 4.74 Å². The van der Waals surface area contributed by atoms with E-state index in [9.17, 15) is 4.79 Å². The highest BCUT2D eigenvalue weighted by atomic mass is 32.2. The molecule has 1 aliphatic heterocycles. The van der Waals surface area contributed by atoms with E-state index in [0.29, 0.717) is 18.9 Å². The number of carbonyl (C=O) groups is 1. The number of hydrogen-bond donors (Lipinski definition) is 1. The quantitative estimate of drug-likeness (QED) is 0.552. The van der Waals surface area contributed by atoms with Crippen molar-refractivity contribution < 1.29 is 9.53 Å². The number of benzene rings is 2. The van der Waals surface area contributed by atoms with Gasteiger partial charge in [0.1, 0.15) is 5.75 Å². The lowest BCUT2D eigenvalue weighted by Crippen LogP contribution is -2.29. The van der Waals surface area contributed by atoms with Crippen molar-refractivity contribution in [1.82, 2.24) is 10.2 Å². The highest BCUT2D eigenvalue weighted by Gasteiger charge is 2.10. The Labute approximate surface area is 179 Å². The zero-order chi connectivity index (χ0) is 20.2. The normalized spacial score (nSPS) is 14.5. The molecule has 156 valence electrons. The smallest absolute Gasteiger partial charge is 0.230 e. The van der Waals surface area contributed by atoms with Crippen molar-refractivity contribution in [3.63, 3.8) is 0 Å². The number of carbonyl (C=O) groups excluding carboxylic acids is 1. The van der Waals surface area contributed by atoms with Gasteiger partial charge in [-0.25, -0.2) is 0 Å². The maximum atomic E-state index is 11.9. The molecule has 2 aromatic rings. The van der Waals surface area contributed by atoms with Crippen molar-refractivity contribution >= 4 is 17.7 Å². The lowest BCUT2D eigenvalue weighted by Gasteiger charge is -2.26. The van der Waals surface area contributed by atoms with Crippen LogP contribution >= 0.6 is 11.8 Å². The minimum Gasteiger partial charge on any atom is -0.494 e. The third-order valence-electron chi connectivity index (χ3n) is 5.01. The van der Waals surface area contributed by atoms with Gasteiger partial charge in [-0.05, 0) is 55.6 Å². The molecular formula is C24H32N2O2S. The van der Waals surface area contributed by atoms with Gasteiger partial charge in [0.25, 0.3) is 0 Å². The van der Waals surface area contributed by atoms with Crippen molar-refractivity contribution in [1.29, 1.82) is 0 Å². The molecule has 0 bridgehead atoms. The third-order valence-corrected chi connectivity index (χ3v) is 6.01. The number of nitrogens with zero attached hydrogens (tertiary/aromatic N) is 1. The molecule has 1 amide bonds. The predicted molar refractivity (Wildman–Crippen MR) is 121 cm³/mol. The molecule has 0 unspecified atom stereocenters. The Morgan fingerprint density at radius 3 is 2.62 bits per heavy atom. The summed E-state index contributed by atoms with van der Waals surface area (Å²) in [5.74, 6) is 2.37. The van der Waals surface area contributed by atoms with Gasteiger partial charge in [-0.3, -0.25) is 9.69 Å². The summed E-state index contributed by atoms with van der Waals surface area (Å²) < 4.78 is 5.88. The summed E-state index contributed by atoms with van der Waals surface area (Å²) in [5, 5.41) is 2.97. The Kier molecular flexibility index (Phi) is 9.40. The molecule has 0 radical (unpaired) electrons. The van der Waals surface area contributed by atoms with Gasteiger partial charge in [-0.1, -0.05) is 48.9 Å². The molecule has 1 saturated heterocycles. The first kappa shape index (κ1) is 21.7. The van der Waals surface area contributed by atoms with Gasteiger partial charge in [0.2, 0.25) is 5.91 Å². The van der Waals surface area contributed by atoms with Crippen LogP contribution in [0.4, 0.5) is 0 Å². The monoisotopic (exact) mass is 412 g/mol. The minimum absolute atomic E-state index is 0.0921. The molecule has 3 rings (SSSR count). The van der Waals surface area contributed by atoms with Gasteiger partial charge in [0.15, 0.2) is 0 Å². The van der Waals surface area contributed by atoms with Gasteiger partial charge in [0.05, 0.1) is 12.4 Å². The molecule has 0 aromatic heterocycles. The van der Waals surface area contributed by atoms with Crippen molar-refractivity contribution in [3.05, 3.63) is 65.7 Å². The number of hydrogen-bond acceptors (Lipinski definition) is 4. The summed E-state index contributed by atoms with van der Waals surface area (Å²) in [6, 6.07) is 18.6. The van der Waals surface area contributed by atoms with E-state index < -0.39 is 0 Å². The second kappa shape index (κ2) is 12.6. The maximum absolute atomic E-state index is 11.9. The molecule has 1 heterocycles. The molecule has 0 spiro atoms. The number of rotatable bonds is 11. The highest BCUT2D eigenvalue weighted by Crippen LogP contribution is 2.17. The second-order valence-corrected chi connectivity index (χ2v) is 8.50. The van der Waals surface area contributed by atoms with E-state index in [1.54, 1.807) is 11.8 Å². The summed E-state index contributed by atoms with van der Waals surface area (Å²) in [7, 11) is 0. The SMILES string of the molecule is O=C(CSCc1ccccc1)NCCCOc1cccc(CN2CCCCC2)c1. The number of thioether (sulfide) groups is 1. The van der Waals surface area contributed by atoms with Crippen molar-refractivity contribution in [3.8, 4) is 5.75 Å². The minimum atomic E-state index is 0.0921. The summed E-state index contributed by atoms with van der Waals surface area (Å²) in [5.41, 5.74) is 2.56. The summed E-state index contributed by atoms with van der Waals surface area (Å²) in [4.78, 5) is 14.4. The van der Waals surface area contributed by atoms with Crippen LogP contribution in [0.5, 0.6) is 5.75 Å². The molecule has 29 heavy (non-hydrogen) atoms. The Morgan fingerprint density at radius 2 is 1.79 bits per heavy atom. The fourth-order valence-corrected chi connectivity index (χ4v) is 4.30. The molecule has 2 aromatic carbocycles. The summed E-state index contributed by atoms with van der Waals surface area (Å²) in [6.45, 7) is 4.68. The first-order valence-electron chi connectivity index (χ1n) is 10.6. The molecular weight excluding hydrogens is 380 g/mol. The zero-order valence-corrected chi connectivity index (χ0v) is 18.0. The largest absolute Gasteiger partial charge is 0.494 e. The number of piperidine rings is 1. The zero-order valence-electron chi connectivity index (χ0n) is 17.1. The first-order valence-corrected chi connectivity index (χ1v) is 11.8. The first-order chi connectivity index (χ1) is 14.3. The van der Waals surface area contributed by atoms with Crippen LogP contribution in [0.25, 0.3) is 0 Å². The third kappa shape index (κ3) is 8.50. The van der Waals surface area contributed by atoms with E-state index in [1.165, 1.54) is 43.5 Å². The Hall–Kier alpha value is -1.98. The Balaban J connectivity index is 1.26. The van der Waals surface area contributed by atoms with Gasteiger partial charge >= 0.3 is 0 Å². The van der Waals surface area contributed by atoms with Gasteiger partial charge in [0, 0.05) is 18.8 Å². The molecule has 1 fully saturated rings. The van der Waals surface area contributed by atoms with Crippen LogP contribution in [0.15, 0.2) is 54.6 Å². The van der Waals surface area contributed by atoms with E-state index >= 15 is 0 Å². The molecule has 1 N–H and O–H groups in total.